The number of likely N-dealkylation sites (N-methyl/N-ethyl adjacent to an activating group) is 1. The number of hydrogen-bond acceptors (Lipinski definition) is 4. The second-order valence-electron chi connectivity index (χ2n) is 4.19. The maximum absolute atomic E-state index is 11.9. The third-order valence-corrected chi connectivity index (χ3v) is 3.13. The van der Waals surface area contributed by atoms with Gasteiger partial charge in [-0.15, -0.1) is 0 Å². The highest BCUT2D eigenvalue weighted by Crippen LogP contribution is 2.29. The smallest absolute Gasteiger partial charge is 0.256 e. The zero-order valence-corrected chi connectivity index (χ0v) is 11.2. The van der Waals surface area contributed by atoms with Gasteiger partial charge in [0.15, 0.2) is 0 Å². The van der Waals surface area contributed by atoms with Crippen LogP contribution in [0.25, 0.3) is 0 Å². The molecule has 0 bridgehead atoms. The molecule has 0 saturated heterocycles. The number of nitrogens with zero attached hydrogens (tertiary/aromatic N) is 1. The van der Waals surface area contributed by atoms with Crippen LogP contribution in [0.3, 0.4) is 0 Å². The Morgan fingerprint density at radius 3 is 2.56 bits per heavy atom. The van der Waals surface area contributed by atoms with Gasteiger partial charge in [0.1, 0.15) is 11.9 Å². The van der Waals surface area contributed by atoms with Crippen molar-refractivity contribution in [2.75, 3.05) is 25.6 Å². The number of amides is 1. The molecule has 0 aliphatic rings. The SMILES string of the molecule is COc1ccc(N(C)C(=O)C(O)CN)c(C)c1C. The highest BCUT2D eigenvalue weighted by atomic mass is 16.5. The van der Waals surface area contributed by atoms with Crippen LogP contribution in [-0.4, -0.2) is 37.8 Å². The Morgan fingerprint density at radius 2 is 2.06 bits per heavy atom. The van der Waals surface area contributed by atoms with E-state index in [1.807, 2.05) is 13.8 Å². The van der Waals surface area contributed by atoms with Crippen LogP contribution in [0.1, 0.15) is 11.1 Å². The number of anilines is 1. The van der Waals surface area contributed by atoms with Crippen LogP contribution in [0.2, 0.25) is 0 Å². The predicted molar refractivity (Wildman–Crippen MR) is 70.9 cm³/mol. The standard InChI is InChI=1S/C13H20N2O3/c1-8-9(2)12(18-4)6-5-10(8)15(3)13(17)11(16)7-14/h5-6,11,16H,7,14H2,1-4H3. The van der Waals surface area contributed by atoms with Gasteiger partial charge in [-0.05, 0) is 37.1 Å². The van der Waals surface area contributed by atoms with Gasteiger partial charge in [0.05, 0.1) is 7.11 Å². The third kappa shape index (κ3) is 2.63. The monoisotopic (exact) mass is 252 g/mol. The highest BCUT2D eigenvalue weighted by molar-refractivity contribution is 5.97. The minimum absolute atomic E-state index is 0.0860. The summed E-state index contributed by atoms with van der Waals surface area (Å²) in [6.07, 6.45) is -1.17. The number of hydrogen-bond donors (Lipinski definition) is 2. The molecule has 0 radical (unpaired) electrons. The number of carbonyl (C=O) groups excluding carboxylic acids is 1. The highest BCUT2D eigenvalue weighted by Gasteiger charge is 2.21. The predicted octanol–water partition coefficient (Wildman–Crippen LogP) is 0.594. The Morgan fingerprint density at radius 1 is 1.44 bits per heavy atom. The Hall–Kier alpha value is -1.59. The lowest BCUT2D eigenvalue weighted by atomic mass is 10.1. The second-order valence-corrected chi connectivity index (χ2v) is 4.19. The van der Waals surface area contributed by atoms with Gasteiger partial charge in [-0.2, -0.15) is 0 Å². The Labute approximate surface area is 107 Å². The summed E-state index contributed by atoms with van der Waals surface area (Å²) in [5, 5.41) is 9.48. The van der Waals surface area contributed by atoms with Crippen molar-refractivity contribution >= 4 is 11.6 Å². The summed E-state index contributed by atoms with van der Waals surface area (Å²) in [6.45, 7) is 3.75. The molecule has 0 saturated carbocycles. The van der Waals surface area contributed by atoms with E-state index >= 15 is 0 Å². The van der Waals surface area contributed by atoms with E-state index in [0.717, 1.165) is 22.6 Å². The molecule has 1 amide bonds. The maximum Gasteiger partial charge on any atom is 0.256 e. The lowest BCUT2D eigenvalue weighted by Gasteiger charge is -2.23. The Bertz CT molecular complexity index is 446. The summed E-state index contributed by atoms with van der Waals surface area (Å²) in [5.41, 5.74) is 7.94. The summed E-state index contributed by atoms with van der Waals surface area (Å²) >= 11 is 0. The first-order valence-electron chi connectivity index (χ1n) is 5.73. The van der Waals surface area contributed by atoms with Gasteiger partial charge in [-0.25, -0.2) is 0 Å². The molecule has 5 nitrogen and oxygen atoms in total. The summed E-state index contributed by atoms with van der Waals surface area (Å²) < 4.78 is 5.22. The van der Waals surface area contributed by atoms with E-state index in [-0.39, 0.29) is 6.54 Å². The number of benzene rings is 1. The number of nitrogens with two attached hydrogens (primary N) is 1. The lowest BCUT2D eigenvalue weighted by Crippen LogP contribution is -2.40. The maximum atomic E-state index is 11.9. The van der Waals surface area contributed by atoms with Gasteiger partial charge in [-0.3, -0.25) is 4.79 Å². The van der Waals surface area contributed by atoms with Crippen molar-refractivity contribution in [1.82, 2.24) is 0 Å². The molecule has 1 rings (SSSR count). The fourth-order valence-electron chi connectivity index (χ4n) is 1.81. The molecular weight excluding hydrogens is 232 g/mol. The summed E-state index contributed by atoms with van der Waals surface area (Å²) in [5.74, 6) is 0.363. The molecule has 1 aromatic carbocycles. The van der Waals surface area contributed by atoms with E-state index in [9.17, 15) is 9.90 Å². The molecule has 5 heteroatoms. The number of aliphatic hydroxyl groups excluding tert-OH is 1. The molecule has 100 valence electrons. The van der Waals surface area contributed by atoms with Crippen molar-refractivity contribution < 1.29 is 14.6 Å². The van der Waals surface area contributed by atoms with Gasteiger partial charge in [-0.1, -0.05) is 0 Å². The zero-order valence-electron chi connectivity index (χ0n) is 11.2. The van der Waals surface area contributed by atoms with Crippen LogP contribution in [0, 0.1) is 13.8 Å². The first-order chi connectivity index (χ1) is 8.43. The molecule has 1 atom stereocenters. The summed E-state index contributed by atoms with van der Waals surface area (Å²) in [6, 6.07) is 3.60. The van der Waals surface area contributed by atoms with Crippen molar-refractivity contribution in [2.45, 2.75) is 20.0 Å². The van der Waals surface area contributed by atoms with Crippen LogP contribution in [0.4, 0.5) is 5.69 Å². The van der Waals surface area contributed by atoms with Gasteiger partial charge in [0.25, 0.3) is 5.91 Å². The van der Waals surface area contributed by atoms with Crippen LogP contribution in [-0.2, 0) is 4.79 Å². The lowest BCUT2D eigenvalue weighted by molar-refractivity contribution is -0.125. The first-order valence-corrected chi connectivity index (χ1v) is 5.73. The number of methoxy groups -OCH3 is 1. The first kappa shape index (κ1) is 14.5. The minimum atomic E-state index is -1.17. The molecule has 3 N–H and O–H groups in total. The molecule has 0 aromatic heterocycles. The molecule has 0 aliphatic heterocycles. The fourth-order valence-corrected chi connectivity index (χ4v) is 1.81. The third-order valence-electron chi connectivity index (χ3n) is 3.13. The number of carbonyl (C=O) groups is 1. The normalized spacial score (nSPS) is 12.1. The summed E-state index contributed by atoms with van der Waals surface area (Å²) in [4.78, 5) is 13.3. The van der Waals surface area contributed by atoms with E-state index in [4.69, 9.17) is 10.5 Å². The van der Waals surface area contributed by atoms with Gasteiger partial charge >= 0.3 is 0 Å². The van der Waals surface area contributed by atoms with Crippen LogP contribution in [0.5, 0.6) is 5.75 Å². The van der Waals surface area contributed by atoms with Crippen molar-refractivity contribution in [1.29, 1.82) is 0 Å². The van der Waals surface area contributed by atoms with E-state index in [1.54, 1.807) is 26.3 Å². The molecule has 0 aliphatic carbocycles. The van der Waals surface area contributed by atoms with E-state index < -0.39 is 12.0 Å². The van der Waals surface area contributed by atoms with Gasteiger partial charge in [0, 0.05) is 19.3 Å². The zero-order chi connectivity index (χ0) is 13.9. The molecule has 1 aromatic rings. The average molecular weight is 252 g/mol. The minimum Gasteiger partial charge on any atom is -0.496 e. The van der Waals surface area contributed by atoms with Crippen molar-refractivity contribution in [3.8, 4) is 5.75 Å². The largest absolute Gasteiger partial charge is 0.496 e. The molecule has 0 spiro atoms. The summed E-state index contributed by atoms with van der Waals surface area (Å²) in [7, 11) is 3.23. The van der Waals surface area contributed by atoms with Crippen molar-refractivity contribution in [3.05, 3.63) is 23.3 Å². The van der Waals surface area contributed by atoms with Crippen molar-refractivity contribution in [3.63, 3.8) is 0 Å². The van der Waals surface area contributed by atoms with Gasteiger partial charge < -0.3 is 20.5 Å². The molecule has 0 fully saturated rings. The molecule has 18 heavy (non-hydrogen) atoms. The molecular formula is C13H20N2O3. The van der Waals surface area contributed by atoms with Crippen LogP contribution in [0.15, 0.2) is 12.1 Å². The quantitative estimate of drug-likeness (QED) is 0.822. The number of ether oxygens (including phenoxy) is 1. The Kier molecular flexibility index (Phi) is 4.69. The number of rotatable bonds is 4. The number of aliphatic hydroxyl groups is 1. The van der Waals surface area contributed by atoms with Crippen LogP contribution >= 0.6 is 0 Å². The average Bonchev–Trinajstić information content (AvgIpc) is 2.39. The molecule has 1 unspecified atom stereocenters. The van der Waals surface area contributed by atoms with Crippen LogP contribution < -0.4 is 15.4 Å². The fraction of sp³-hybridized carbons (Fsp3) is 0.462. The van der Waals surface area contributed by atoms with Gasteiger partial charge in [0.2, 0.25) is 0 Å². The van der Waals surface area contributed by atoms with Crippen molar-refractivity contribution in [2.24, 2.45) is 5.73 Å². The van der Waals surface area contributed by atoms with E-state index in [2.05, 4.69) is 0 Å². The molecule has 0 heterocycles. The topological polar surface area (TPSA) is 75.8 Å². The van der Waals surface area contributed by atoms with E-state index in [1.165, 1.54) is 4.90 Å². The second kappa shape index (κ2) is 5.84. The Balaban J connectivity index is 3.11. The van der Waals surface area contributed by atoms with E-state index in [0.29, 0.717) is 0 Å².